The third kappa shape index (κ3) is 7.93. The van der Waals surface area contributed by atoms with Crippen LogP contribution in [0.3, 0.4) is 0 Å². The average molecular weight is 417 g/mol. The molecule has 126 valence electrons. The van der Waals surface area contributed by atoms with Gasteiger partial charge in [0.1, 0.15) is 0 Å². The number of rotatable bonds is 4. The molecule has 0 aromatic carbocycles. The van der Waals surface area contributed by atoms with E-state index in [4.69, 9.17) is 21.1 Å². The topological polar surface area (TPSA) is 112 Å². The quantitative estimate of drug-likeness (QED) is 0.536. The van der Waals surface area contributed by atoms with Crippen molar-refractivity contribution in [3.05, 3.63) is 48.8 Å². The molecule has 2 aromatic rings. The Bertz CT molecular complexity index is 441. The minimum Gasteiger partial charge on any atom is -0.394 e. The molecule has 0 aliphatic rings. The molecule has 0 spiro atoms. The molecule has 6 nitrogen and oxygen atoms in total. The first kappa shape index (κ1) is 23.4. The molecule has 0 saturated heterocycles. The molecule has 2 rings (SSSR count). The number of aliphatic hydroxyl groups is 3. The summed E-state index contributed by atoms with van der Waals surface area (Å²) in [5, 5.41) is 25.0. The molecule has 22 heavy (non-hydrogen) atoms. The Morgan fingerprint density at radius 3 is 1.36 bits per heavy atom. The second kappa shape index (κ2) is 12.6. The molecule has 0 aliphatic carbocycles. The van der Waals surface area contributed by atoms with Crippen LogP contribution < -0.4 is 5.73 Å². The summed E-state index contributed by atoms with van der Waals surface area (Å²) in [6, 6.07) is 11.6. The predicted octanol–water partition coefficient (Wildman–Crippen LogP) is 0.380. The first-order valence-electron chi connectivity index (χ1n) is 6.09. The molecule has 0 amide bonds. The number of nitrogens with zero attached hydrogens (tertiary/aromatic N) is 2. The van der Waals surface area contributed by atoms with Crippen molar-refractivity contribution in [1.29, 1.82) is 0 Å². The summed E-state index contributed by atoms with van der Waals surface area (Å²) in [5.74, 6) is 0. The van der Waals surface area contributed by atoms with Crippen LogP contribution in [0.4, 0.5) is 0 Å². The van der Waals surface area contributed by atoms with Crippen molar-refractivity contribution in [2.75, 3.05) is 19.8 Å². The van der Waals surface area contributed by atoms with E-state index < -0.39 is 25.4 Å². The van der Waals surface area contributed by atoms with Crippen molar-refractivity contribution in [1.82, 2.24) is 9.97 Å². The number of halogens is 1. The van der Waals surface area contributed by atoms with Gasteiger partial charge in [-0.1, -0.05) is 12.1 Å². The summed E-state index contributed by atoms with van der Waals surface area (Å²) in [5.41, 5.74) is 5.77. The summed E-state index contributed by atoms with van der Waals surface area (Å²) in [6.07, 6.45) is 3.54. The molecule has 2 heterocycles. The standard InChI is InChI=1S/C10H8N2.C4H11NO3.BrH.Ni/c1-3-7-11-9(5-1)10-6-2-4-8-12-10;5-4(1-6,2-7)3-8;;/h1-8H;6-8H,1-3,5H2;1H;. The molecule has 5 N–H and O–H groups in total. The van der Waals surface area contributed by atoms with Gasteiger partial charge in [0.15, 0.2) is 0 Å². The van der Waals surface area contributed by atoms with Crippen molar-refractivity contribution >= 4 is 17.0 Å². The molecule has 8 heteroatoms. The van der Waals surface area contributed by atoms with E-state index in [1.165, 1.54) is 0 Å². The predicted molar refractivity (Wildman–Crippen MR) is 86.0 cm³/mol. The number of aromatic nitrogens is 2. The fraction of sp³-hybridized carbons (Fsp3) is 0.286. The van der Waals surface area contributed by atoms with E-state index in [-0.39, 0.29) is 33.5 Å². The Hall–Kier alpha value is -0.886. The fourth-order valence-corrected chi connectivity index (χ4v) is 1.18. The second-order valence-electron chi connectivity index (χ2n) is 4.27. The summed E-state index contributed by atoms with van der Waals surface area (Å²) in [6.45, 7) is -1.21. The largest absolute Gasteiger partial charge is 0.394 e. The van der Waals surface area contributed by atoms with Crippen molar-refractivity contribution in [3.8, 4) is 11.4 Å². The van der Waals surface area contributed by atoms with Crippen LogP contribution in [0.1, 0.15) is 0 Å². The van der Waals surface area contributed by atoms with Gasteiger partial charge in [-0.25, -0.2) is 0 Å². The van der Waals surface area contributed by atoms with Gasteiger partial charge in [0.05, 0.1) is 36.7 Å². The number of hydrogen-bond donors (Lipinski definition) is 4. The van der Waals surface area contributed by atoms with Crippen LogP contribution in [-0.2, 0) is 16.5 Å². The Morgan fingerprint density at radius 1 is 0.818 bits per heavy atom. The normalized spacial score (nSPS) is 9.64. The molecule has 0 radical (unpaired) electrons. The number of pyridine rings is 2. The molecule has 0 fully saturated rings. The van der Waals surface area contributed by atoms with Gasteiger partial charge in [-0.2, -0.15) is 0 Å². The fourth-order valence-electron chi connectivity index (χ4n) is 1.18. The molecule has 0 bridgehead atoms. The van der Waals surface area contributed by atoms with Gasteiger partial charge in [0.2, 0.25) is 0 Å². The van der Waals surface area contributed by atoms with Gasteiger partial charge >= 0.3 is 0 Å². The zero-order valence-corrected chi connectivity index (χ0v) is 14.5. The number of aliphatic hydroxyl groups excluding tert-OH is 3. The third-order valence-corrected chi connectivity index (χ3v) is 2.54. The minimum atomic E-state index is -1.21. The average Bonchev–Trinajstić information content (AvgIpc) is 2.56. The minimum absolute atomic E-state index is 0. The first-order chi connectivity index (χ1) is 9.65. The summed E-state index contributed by atoms with van der Waals surface area (Å²) in [4.78, 5) is 8.37. The maximum atomic E-state index is 8.34. The maximum absolute atomic E-state index is 8.34. The van der Waals surface area contributed by atoms with Crippen molar-refractivity contribution in [2.45, 2.75) is 5.54 Å². The van der Waals surface area contributed by atoms with Gasteiger partial charge < -0.3 is 21.1 Å². The van der Waals surface area contributed by atoms with Crippen molar-refractivity contribution in [2.24, 2.45) is 5.73 Å². The molecule has 0 atom stereocenters. The SMILES string of the molecule is Br.NC(CO)(CO)CO.[Ni].c1ccc(-c2ccccn2)nc1. The van der Waals surface area contributed by atoms with E-state index in [2.05, 4.69) is 9.97 Å². The smallest absolute Gasteiger partial charge is 0.0886 e. The Balaban J connectivity index is 0. The molecular weight excluding hydrogens is 397 g/mol. The summed E-state index contributed by atoms with van der Waals surface area (Å²) >= 11 is 0. The van der Waals surface area contributed by atoms with E-state index in [0.29, 0.717) is 0 Å². The van der Waals surface area contributed by atoms with Crippen molar-refractivity contribution < 1.29 is 31.8 Å². The summed E-state index contributed by atoms with van der Waals surface area (Å²) < 4.78 is 0. The molecule has 0 aliphatic heterocycles. The molecule has 2 aromatic heterocycles. The summed E-state index contributed by atoms with van der Waals surface area (Å²) in [7, 11) is 0. The van der Waals surface area contributed by atoms with Gasteiger partial charge in [0.25, 0.3) is 0 Å². The maximum Gasteiger partial charge on any atom is 0.0886 e. The monoisotopic (exact) mass is 415 g/mol. The van der Waals surface area contributed by atoms with Crippen molar-refractivity contribution in [3.63, 3.8) is 0 Å². The number of hydrogen-bond acceptors (Lipinski definition) is 6. The zero-order chi connectivity index (χ0) is 14.8. The Morgan fingerprint density at radius 2 is 1.18 bits per heavy atom. The molecule has 0 unspecified atom stereocenters. The Kier molecular flexibility index (Phi) is 13.4. The van der Waals surface area contributed by atoms with Crippen LogP contribution in [0.2, 0.25) is 0 Å². The second-order valence-corrected chi connectivity index (χ2v) is 4.27. The Labute approximate surface area is 150 Å². The van der Waals surface area contributed by atoms with E-state index in [1.807, 2.05) is 36.4 Å². The third-order valence-electron chi connectivity index (χ3n) is 2.54. The van der Waals surface area contributed by atoms with Crippen LogP contribution in [0.15, 0.2) is 48.8 Å². The van der Waals surface area contributed by atoms with Crippen LogP contribution >= 0.6 is 17.0 Å². The van der Waals surface area contributed by atoms with Gasteiger partial charge in [-0.15, -0.1) is 17.0 Å². The van der Waals surface area contributed by atoms with Crippen LogP contribution in [0.5, 0.6) is 0 Å². The van der Waals surface area contributed by atoms with Crippen LogP contribution in [-0.4, -0.2) is 50.6 Å². The van der Waals surface area contributed by atoms with E-state index in [9.17, 15) is 0 Å². The van der Waals surface area contributed by atoms with E-state index in [1.54, 1.807) is 12.4 Å². The molecule has 0 saturated carbocycles. The first-order valence-corrected chi connectivity index (χ1v) is 6.09. The number of nitrogens with two attached hydrogens (primary N) is 1. The van der Waals surface area contributed by atoms with Crippen LogP contribution in [0.25, 0.3) is 11.4 Å². The van der Waals surface area contributed by atoms with Gasteiger partial charge in [-0.3, -0.25) is 9.97 Å². The zero-order valence-electron chi connectivity index (χ0n) is 11.8. The van der Waals surface area contributed by atoms with Crippen LogP contribution in [0, 0.1) is 0 Å². The van der Waals surface area contributed by atoms with Gasteiger partial charge in [0, 0.05) is 28.9 Å². The van der Waals surface area contributed by atoms with E-state index in [0.717, 1.165) is 11.4 Å². The molecular formula is C14H20BrN3NiO3. The van der Waals surface area contributed by atoms with E-state index >= 15 is 0 Å². The van der Waals surface area contributed by atoms with Gasteiger partial charge in [-0.05, 0) is 24.3 Å².